The van der Waals surface area contributed by atoms with Gasteiger partial charge in [-0.3, -0.25) is 0 Å². The van der Waals surface area contributed by atoms with E-state index in [4.69, 9.17) is 4.74 Å². The number of nitrogens with one attached hydrogen (secondary N) is 1. The van der Waals surface area contributed by atoms with Crippen LogP contribution in [0.3, 0.4) is 0 Å². The summed E-state index contributed by atoms with van der Waals surface area (Å²) in [6, 6.07) is 14.6. The van der Waals surface area contributed by atoms with Gasteiger partial charge in [-0.25, -0.2) is 4.39 Å². The summed E-state index contributed by atoms with van der Waals surface area (Å²) in [7, 11) is 2.69. The molecule has 2 unspecified atom stereocenters. The van der Waals surface area contributed by atoms with Crippen molar-refractivity contribution in [3.63, 3.8) is 0 Å². The van der Waals surface area contributed by atoms with E-state index in [9.17, 15) is 4.39 Å². The molecule has 0 amide bonds. The fourth-order valence-corrected chi connectivity index (χ4v) is 2.33. The molecule has 0 radical (unpaired) electrons. The van der Waals surface area contributed by atoms with E-state index in [-0.39, 0.29) is 17.7 Å². The number of hydrogen-bond donors (Lipinski definition) is 1. The standard InChI is InChI=1S/C17H21FNOP/c1-12(2)20-16-8-6-13(7-9-16)11-19-17(21)14-4-3-5-15(18)10-14/h3-10,12,17,19H,11,21H2,1-2H3. The highest BCUT2D eigenvalue weighted by Gasteiger charge is 2.06. The first kappa shape index (κ1) is 15.9. The monoisotopic (exact) mass is 305 g/mol. The fraction of sp³-hybridized carbons (Fsp3) is 0.294. The van der Waals surface area contributed by atoms with Gasteiger partial charge in [0.2, 0.25) is 0 Å². The molecule has 2 aromatic carbocycles. The average Bonchev–Trinajstić information content (AvgIpc) is 2.45. The molecule has 0 aliphatic heterocycles. The van der Waals surface area contributed by atoms with Gasteiger partial charge in [-0.05, 0) is 49.2 Å². The lowest BCUT2D eigenvalue weighted by Crippen LogP contribution is -2.16. The van der Waals surface area contributed by atoms with Crippen LogP contribution in [0.25, 0.3) is 0 Å². The van der Waals surface area contributed by atoms with E-state index >= 15 is 0 Å². The lowest BCUT2D eigenvalue weighted by molar-refractivity contribution is 0.242. The Bertz CT molecular complexity index is 571. The van der Waals surface area contributed by atoms with E-state index in [1.165, 1.54) is 6.07 Å². The van der Waals surface area contributed by atoms with Crippen molar-refractivity contribution < 1.29 is 9.13 Å². The Balaban J connectivity index is 1.90. The first-order valence-electron chi connectivity index (χ1n) is 7.04. The third-order valence-corrected chi connectivity index (χ3v) is 3.65. The second kappa shape index (κ2) is 7.53. The highest BCUT2D eigenvalue weighted by molar-refractivity contribution is 7.17. The minimum atomic E-state index is -0.211. The maximum absolute atomic E-state index is 13.2. The number of benzene rings is 2. The third kappa shape index (κ3) is 5.11. The molecule has 4 heteroatoms. The Labute approximate surface area is 127 Å². The summed E-state index contributed by atoms with van der Waals surface area (Å²) in [4.78, 5) is 0. The summed E-state index contributed by atoms with van der Waals surface area (Å²) in [6.45, 7) is 4.73. The highest BCUT2D eigenvalue weighted by Crippen LogP contribution is 2.21. The van der Waals surface area contributed by atoms with Crippen LogP contribution < -0.4 is 10.1 Å². The summed E-state index contributed by atoms with van der Waals surface area (Å²) < 4.78 is 18.8. The van der Waals surface area contributed by atoms with Crippen molar-refractivity contribution in [3.8, 4) is 5.75 Å². The van der Waals surface area contributed by atoms with Crippen molar-refractivity contribution in [3.05, 3.63) is 65.5 Å². The Kier molecular flexibility index (Phi) is 5.72. The summed E-state index contributed by atoms with van der Waals surface area (Å²) >= 11 is 0. The lowest BCUT2D eigenvalue weighted by atomic mass is 10.2. The summed E-state index contributed by atoms with van der Waals surface area (Å²) in [5.74, 6) is 0.686. The summed E-state index contributed by atoms with van der Waals surface area (Å²) in [5, 5.41) is 3.36. The van der Waals surface area contributed by atoms with Crippen molar-refractivity contribution in [2.45, 2.75) is 32.3 Å². The Morgan fingerprint density at radius 3 is 2.48 bits per heavy atom. The quantitative estimate of drug-likeness (QED) is 0.804. The van der Waals surface area contributed by atoms with Gasteiger partial charge in [0, 0.05) is 12.3 Å². The second-order valence-electron chi connectivity index (χ2n) is 5.22. The molecule has 0 fully saturated rings. The van der Waals surface area contributed by atoms with Gasteiger partial charge < -0.3 is 10.1 Å². The molecule has 0 saturated heterocycles. The van der Waals surface area contributed by atoms with Crippen LogP contribution in [-0.2, 0) is 6.54 Å². The molecule has 1 N–H and O–H groups in total. The third-order valence-electron chi connectivity index (χ3n) is 3.03. The van der Waals surface area contributed by atoms with Gasteiger partial charge in [-0.1, -0.05) is 24.3 Å². The molecule has 0 aliphatic rings. The second-order valence-corrected chi connectivity index (χ2v) is 5.89. The van der Waals surface area contributed by atoms with Gasteiger partial charge >= 0.3 is 0 Å². The average molecular weight is 305 g/mol. The van der Waals surface area contributed by atoms with Crippen molar-refractivity contribution >= 4 is 9.24 Å². The van der Waals surface area contributed by atoms with Gasteiger partial charge in [0.25, 0.3) is 0 Å². The van der Waals surface area contributed by atoms with Gasteiger partial charge in [0.05, 0.1) is 6.10 Å². The maximum atomic E-state index is 13.2. The zero-order valence-corrected chi connectivity index (χ0v) is 13.5. The van der Waals surface area contributed by atoms with Crippen molar-refractivity contribution in [1.82, 2.24) is 5.32 Å². The predicted octanol–water partition coefficient (Wildman–Crippen LogP) is 4.28. The molecule has 2 rings (SSSR count). The highest BCUT2D eigenvalue weighted by atomic mass is 31.0. The molecule has 0 saturated carbocycles. The van der Waals surface area contributed by atoms with E-state index in [0.717, 1.165) is 16.9 Å². The zero-order valence-electron chi connectivity index (χ0n) is 12.3. The molecular formula is C17H21FNOP. The molecule has 2 atom stereocenters. The molecule has 0 aromatic heterocycles. The minimum Gasteiger partial charge on any atom is -0.491 e. The van der Waals surface area contributed by atoms with Crippen molar-refractivity contribution in [1.29, 1.82) is 0 Å². The van der Waals surface area contributed by atoms with Crippen LogP contribution in [0.1, 0.15) is 30.8 Å². The van der Waals surface area contributed by atoms with Crippen molar-refractivity contribution in [2.75, 3.05) is 0 Å². The Morgan fingerprint density at radius 2 is 1.86 bits per heavy atom. The van der Waals surface area contributed by atoms with Gasteiger partial charge in [0.1, 0.15) is 11.6 Å². The van der Waals surface area contributed by atoms with Gasteiger partial charge in [-0.15, -0.1) is 9.24 Å². The molecule has 21 heavy (non-hydrogen) atoms. The molecule has 2 aromatic rings. The molecular weight excluding hydrogens is 284 g/mol. The van der Waals surface area contributed by atoms with E-state index < -0.39 is 0 Å². The number of hydrogen-bond acceptors (Lipinski definition) is 2. The largest absolute Gasteiger partial charge is 0.491 e. The molecule has 2 nitrogen and oxygen atoms in total. The van der Waals surface area contributed by atoms with Crippen LogP contribution in [0.4, 0.5) is 4.39 Å². The van der Waals surface area contributed by atoms with E-state index in [2.05, 4.69) is 14.6 Å². The van der Waals surface area contributed by atoms with Crippen LogP contribution in [0.5, 0.6) is 5.75 Å². The normalized spacial score (nSPS) is 12.4. The SMILES string of the molecule is CC(C)Oc1ccc(CNC(P)c2cccc(F)c2)cc1. The first-order chi connectivity index (χ1) is 10.0. The molecule has 0 bridgehead atoms. The first-order valence-corrected chi connectivity index (χ1v) is 7.71. The van der Waals surface area contributed by atoms with Gasteiger partial charge in [-0.2, -0.15) is 0 Å². The number of halogens is 1. The topological polar surface area (TPSA) is 21.3 Å². The number of rotatable bonds is 6. The molecule has 112 valence electrons. The zero-order chi connectivity index (χ0) is 15.2. The van der Waals surface area contributed by atoms with Crippen LogP contribution in [0, 0.1) is 5.82 Å². The van der Waals surface area contributed by atoms with Crippen LogP contribution >= 0.6 is 9.24 Å². The van der Waals surface area contributed by atoms with E-state index in [1.807, 2.05) is 44.2 Å². The van der Waals surface area contributed by atoms with Crippen LogP contribution in [0.15, 0.2) is 48.5 Å². The van der Waals surface area contributed by atoms with Crippen molar-refractivity contribution in [2.24, 2.45) is 0 Å². The summed E-state index contributed by atoms with van der Waals surface area (Å²) in [5.41, 5.74) is 2.08. The van der Waals surface area contributed by atoms with Gasteiger partial charge in [0.15, 0.2) is 0 Å². The Hall–Kier alpha value is -1.44. The smallest absolute Gasteiger partial charge is 0.123 e. The number of ether oxygens (including phenoxy) is 1. The van der Waals surface area contributed by atoms with E-state index in [1.54, 1.807) is 12.1 Å². The maximum Gasteiger partial charge on any atom is 0.123 e. The summed E-state index contributed by atoms with van der Waals surface area (Å²) in [6.07, 6.45) is 0.179. The Morgan fingerprint density at radius 1 is 1.14 bits per heavy atom. The minimum absolute atomic E-state index is 0.0206. The van der Waals surface area contributed by atoms with Crippen LogP contribution in [0.2, 0.25) is 0 Å². The predicted molar refractivity (Wildman–Crippen MR) is 87.9 cm³/mol. The molecule has 0 aliphatic carbocycles. The fourth-order valence-electron chi connectivity index (χ4n) is 2.00. The van der Waals surface area contributed by atoms with E-state index in [0.29, 0.717) is 6.54 Å². The van der Waals surface area contributed by atoms with Crippen LogP contribution in [-0.4, -0.2) is 6.10 Å². The molecule has 0 heterocycles. The molecule has 0 spiro atoms. The lowest BCUT2D eigenvalue weighted by Gasteiger charge is -2.15.